The Morgan fingerprint density at radius 3 is 2.56 bits per heavy atom. The molecule has 0 aliphatic carbocycles. The van der Waals surface area contributed by atoms with Crippen molar-refractivity contribution in [1.82, 2.24) is 14.5 Å². The third kappa shape index (κ3) is 3.29. The zero-order valence-corrected chi connectivity index (χ0v) is 15.1. The van der Waals surface area contributed by atoms with Gasteiger partial charge in [-0.25, -0.2) is 4.98 Å². The summed E-state index contributed by atoms with van der Waals surface area (Å²) in [5, 5.41) is 0. The summed E-state index contributed by atoms with van der Waals surface area (Å²) in [6.07, 6.45) is 6.66. The van der Waals surface area contributed by atoms with Crippen molar-refractivity contribution < 1.29 is 14.2 Å². The van der Waals surface area contributed by atoms with Crippen molar-refractivity contribution in [3.63, 3.8) is 0 Å². The Morgan fingerprint density at radius 1 is 1.16 bits per heavy atom. The summed E-state index contributed by atoms with van der Waals surface area (Å²) in [5.74, 6) is 2.06. The monoisotopic (exact) mass is 346 g/mol. The van der Waals surface area contributed by atoms with Gasteiger partial charge in [0.2, 0.25) is 5.75 Å². The number of aryl methyl sites for hydroxylation is 1. The minimum atomic E-state index is 0.159. The van der Waals surface area contributed by atoms with Crippen molar-refractivity contribution in [3.05, 3.63) is 35.9 Å². The summed E-state index contributed by atoms with van der Waals surface area (Å²) in [6.45, 7) is 3.23. The fraction of sp³-hybridized carbons (Fsp3) is 0.500. The van der Waals surface area contributed by atoms with E-state index in [-0.39, 0.29) is 6.04 Å². The smallest absolute Gasteiger partial charge is 0.203 e. The lowest BCUT2D eigenvalue weighted by Crippen LogP contribution is -2.29. The van der Waals surface area contributed by atoms with Gasteiger partial charge in [0.25, 0.3) is 0 Å². The molecule has 25 heavy (non-hydrogen) atoms. The zero-order valence-electron chi connectivity index (χ0n) is 15.1. The van der Waals surface area contributed by atoms with Crippen LogP contribution in [0.25, 0.3) is 0 Å². The van der Waals surface area contributed by atoms with Crippen molar-refractivity contribution in [3.8, 4) is 17.2 Å². The predicted molar refractivity (Wildman–Crippen MR) is 95.1 cm³/mol. The first-order valence-corrected chi connectivity index (χ1v) is 8.45. The van der Waals surface area contributed by atoms with Crippen molar-refractivity contribution in [2.45, 2.75) is 25.6 Å². The summed E-state index contributed by atoms with van der Waals surface area (Å²) in [4.78, 5) is 6.47. The maximum Gasteiger partial charge on any atom is 0.203 e. The first kappa shape index (κ1) is 17.6. The SMILES string of the molecule is COc1cc2c(c(OC)c1OC)CN(CCCn1ccnc1)C2CN. The van der Waals surface area contributed by atoms with E-state index in [9.17, 15) is 0 Å². The van der Waals surface area contributed by atoms with Gasteiger partial charge in [-0.3, -0.25) is 4.90 Å². The number of imidazole rings is 1. The molecule has 136 valence electrons. The molecule has 1 unspecified atom stereocenters. The maximum atomic E-state index is 6.09. The molecule has 1 aliphatic rings. The Labute approximate surface area is 148 Å². The highest BCUT2D eigenvalue weighted by Gasteiger charge is 2.34. The van der Waals surface area contributed by atoms with Crippen LogP contribution in [0.2, 0.25) is 0 Å². The van der Waals surface area contributed by atoms with E-state index < -0.39 is 0 Å². The first-order chi connectivity index (χ1) is 12.2. The standard InChI is InChI=1S/C18H26N4O3/c1-23-16-9-13-14(17(24-2)18(16)25-3)11-22(15(13)10-19)7-4-6-21-8-5-20-12-21/h5,8-9,12,15H,4,6-7,10-11,19H2,1-3H3. The third-order valence-corrected chi connectivity index (χ3v) is 4.77. The van der Waals surface area contributed by atoms with Crippen LogP contribution in [0.4, 0.5) is 0 Å². The highest BCUT2D eigenvalue weighted by molar-refractivity contribution is 5.61. The number of nitrogens with two attached hydrogens (primary N) is 1. The van der Waals surface area contributed by atoms with Crippen LogP contribution in [0.5, 0.6) is 17.2 Å². The third-order valence-electron chi connectivity index (χ3n) is 4.77. The molecule has 0 saturated heterocycles. The second-order valence-electron chi connectivity index (χ2n) is 6.09. The molecule has 1 aromatic carbocycles. The molecule has 0 radical (unpaired) electrons. The molecular formula is C18H26N4O3. The van der Waals surface area contributed by atoms with E-state index in [0.29, 0.717) is 18.0 Å². The molecule has 2 N–H and O–H groups in total. The van der Waals surface area contributed by atoms with Crippen LogP contribution in [0.1, 0.15) is 23.6 Å². The Balaban J connectivity index is 1.81. The van der Waals surface area contributed by atoms with Crippen LogP contribution < -0.4 is 19.9 Å². The summed E-state index contributed by atoms with van der Waals surface area (Å²) in [7, 11) is 4.93. The Kier molecular flexibility index (Phi) is 5.45. The lowest BCUT2D eigenvalue weighted by Gasteiger charge is -2.23. The highest BCUT2D eigenvalue weighted by Crippen LogP contribution is 2.48. The second-order valence-corrected chi connectivity index (χ2v) is 6.09. The van der Waals surface area contributed by atoms with E-state index in [4.69, 9.17) is 19.9 Å². The number of methoxy groups -OCH3 is 3. The Morgan fingerprint density at radius 2 is 1.96 bits per heavy atom. The van der Waals surface area contributed by atoms with Crippen molar-refractivity contribution in [2.75, 3.05) is 34.4 Å². The normalized spacial score (nSPS) is 16.7. The van der Waals surface area contributed by atoms with Gasteiger partial charge in [-0.15, -0.1) is 0 Å². The number of nitrogens with zero attached hydrogens (tertiary/aromatic N) is 3. The fourth-order valence-electron chi connectivity index (χ4n) is 3.59. The van der Waals surface area contributed by atoms with E-state index >= 15 is 0 Å². The van der Waals surface area contributed by atoms with Gasteiger partial charge in [0.15, 0.2) is 11.5 Å². The van der Waals surface area contributed by atoms with Crippen LogP contribution in [-0.4, -0.2) is 48.9 Å². The second kappa shape index (κ2) is 7.76. The molecule has 2 aromatic rings. The molecule has 0 bridgehead atoms. The predicted octanol–water partition coefficient (Wildman–Crippen LogP) is 1.81. The van der Waals surface area contributed by atoms with Crippen LogP contribution in [-0.2, 0) is 13.1 Å². The molecule has 0 spiro atoms. The van der Waals surface area contributed by atoms with Crippen molar-refractivity contribution in [2.24, 2.45) is 5.73 Å². The van der Waals surface area contributed by atoms with E-state index in [0.717, 1.165) is 37.4 Å². The molecule has 2 heterocycles. The molecule has 1 aliphatic heterocycles. The van der Waals surface area contributed by atoms with Gasteiger partial charge in [-0.1, -0.05) is 0 Å². The van der Waals surface area contributed by atoms with Crippen LogP contribution in [0.3, 0.4) is 0 Å². The molecular weight excluding hydrogens is 320 g/mol. The minimum absolute atomic E-state index is 0.159. The van der Waals surface area contributed by atoms with Crippen LogP contribution >= 0.6 is 0 Å². The van der Waals surface area contributed by atoms with Gasteiger partial charge in [-0.2, -0.15) is 0 Å². The zero-order chi connectivity index (χ0) is 17.8. The van der Waals surface area contributed by atoms with Gasteiger partial charge in [-0.05, 0) is 18.1 Å². The van der Waals surface area contributed by atoms with Gasteiger partial charge >= 0.3 is 0 Å². The highest BCUT2D eigenvalue weighted by atomic mass is 16.5. The number of hydrogen-bond acceptors (Lipinski definition) is 6. The first-order valence-electron chi connectivity index (χ1n) is 8.45. The molecule has 7 nitrogen and oxygen atoms in total. The molecule has 0 fully saturated rings. The van der Waals surface area contributed by atoms with E-state index in [1.807, 2.05) is 18.6 Å². The van der Waals surface area contributed by atoms with E-state index in [2.05, 4.69) is 14.5 Å². The lowest BCUT2D eigenvalue weighted by atomic mass is 10.0. The molecule has 0 saturated carbocycles. The number of rotatable bonds is 8. The number of hydrogen-bond donors (Lipinski definition) is 1. The average molecular weight is 346 g/mol. The number of aromatic nitrogens is 2. The largest absolute Gasteiger partial charge is 0.493 e. The summed E-state index contributed by atoms with van der Waals surface area (Å²) >= 11 is 0. The summed E-state index contributed by atoms with van der Waals surface area (Å²) in [6, 6.07) is 2.19. The van der Waals surface area contributed by atoms with E-state index in [1.165, 1.54) is 5.56 Å². The molecule has 1 atom stereocenters. The van der Waals surface area contributed by atoms with Crippen molar-refractivity contribution in [1.29, 1.82) is 0 Å². The fourth-order valence-corrected chi connectivity index (χ4v) is 3.59. The van der Waals surface area contributed by atoms with Gasteiger partial charge < -0.3 is 24.5 Å². The minimum Gasteiger partial charge on any atom is -0.493 e. The number of benzene rings is 1. The van der Waals surface area contributed by atoms with Gasteiger partial charge in [0.05, 0.1) is 27.7 Å². The quantitative estimate of drug-likeness (QED) is 0.786. The summed E-state index contributed by atoms with van der Waals surface area (Å²) < 4.78 is 18.7. The molecule has 0 amide bonds. The van der Waals surface area contributed by atoms with E-state index in [1.54, 1.807) is 27.5 Å². The maximum absolute atomic E-state index is 6.09. The molecule has 1 aromatic heterocycles. The summed E-state index contributed by atoms with van der Waals surface area (Å²) in [5.41, 5.74) is 8.39. The number of ether oxygens (including phenoxy) is 3. The lowest BCUT2D eigenvalue weighted by molar-refractivity contribution is 0.212. The molecule has 7 heteroatoms. The topological polar surface area (TPSA) is 74.8 Å². The number of fused-ring (bicyclic) bond motifs is 1. The van der Waals surface area contributed by atoms with Crippen LogP contribution in [0, 0.1) is 0 Å². The van der Waals surface area contributed by atoms with Crippen molar-refractivity contribution >= 4 is 0 Å². The molecule has 3 rings (SSSR count). The van der Waals surface area contributed by atoms with Crippen LogP contribution in [0.15, 0.2) is 24.8 Å². The Hall–Kier alpha value is -2.25. The van der Waals surface area contributed by atoms with Gasteiger partial charge in [0.1, 0.15) is 0 Å². The van der Waals surface area contributed by atoms with Gasteiger partial charge in [0, 0.05) is 50.2 Å². The average Bonchev–Trinajstić information content (AvgIpc) is 3.27. The Bertz CT molecular complexity index is 703.